The minimum atomic E-state index is -1.06. The number of rotatable bonds is 6. The Morgan fingerprint density at radius 3 is 2.75 bits per heavy atom. The maximum Gasteiger partial charge on any atom is 0.305 e. The zero-order valence-electron chi connectivity index (χ0n) is 16.9. The third kappa shape index (κ3) is 4.37. The van der Waals surface area contributed by atoms with Crippen molar-refractivity contribution in [3.63, 3.8) is 0 Å². The summed E-state index contributed by atoms with van der Waals surface area (Å²) in [5, 5.41) is 15.9. The average Bonchev–Trinajstić information content (AvgIpc) is 2.82. The smallest absolute Gasteiger partial charge is 0.305 e. The van der Waals surface area contributed by atoms with Gasteiger partial charge in [-0.25, -0.2) is 0 Å². The lowest BCUT2D eigenvalue weighted by Crippen LogP contribution is -2.76. The lowest BCUT2D eigenvalue weighted by molar-refractivity contribution is -0.601. The molecule has 0 bridgehead atoms. The predicted octanol–water partition coefficient (Wildman–Crippen LogP) is 2.34. The summed E-state index contributed by atoms with van der Waals surface area (Å²) in [6.07, 6.45) is 8.34. The number of carbonyl (C=O) groups excluding carboxylic acids is 2. The molecule has 2 saturated heterocycles. The van der Waals surface area contributed by atoms with E-state index in [1.54, 1.807) is 20.8 Å². The predicted molar refractivity (Wildman–Crippen MR) is 97.6 cm³/mol. The van der Waals surface area contributed by atoms with Crippen LogP contribution in [0.5, 0.6) is 0 Å². The van der Waals surface area contributed by atoms with Crippen LogP contribution in [0.1, 0.15) is 59.8 Å². The van der Waals surface area contributed by atoms with Gasteiger partial charge < -0.3 is 15.2 Å². The van der Waals surface area contributed by atoms with E-state index in [2.05, 4.69) is 22.5 Å². The van der Waals surface area contributed by atoms with E-state index in [1.165, 1.54) is 12.8 Å². The van der Waals surface area contributed by atoms with Crippen molar-refractivity contribution in [3.05, 3.63) is 12.2 Å². The van der Waals surface area contributed by atoms with Crippen molar-refractivity contribution < 1.29 is 33.8 Å². The lowest BCUT2D eigenvalue weighted by atomic mass is 9.79. The molecule has 2 fully saturated rings. The van der Waals surface area contributed by atoms with Gasteiger partial charge in [0.25, 0.3) is 0 Å². The summed E-state index contributed by atoms with van der Waals surface area (Å²) >= 11 is 0. The number of hydrogen-bond donors (Lipinski definition) is 2. The van der Waals surface area contributed by atoms with Gasteiger partial charge in [-0.2, -0.15) is 0 Å². The number of hydroxylamine groups is 2. The van der Waals surface area contributed by atoms with Gasteiger partial charge in [0.05, 0.1) is 18.6 Å². The second-order valence-electron chi connectivity index (χ2n) is 7.76. The molecule has 1 amide bonds. The summed E-state index contributed by atoms with van der Waals surface area (Å²) in [6.45, 7) is 6.96. The van der Waals surface area contributed by atoms with Crippen molar-refractivity contribution in [1.29, 1.82) is 0 Å². The number of nitrogens with zero attached hydrogens (tertiary/aromatic N) is 1. The first-order valence-corrected chi connectivity index (χ1v) is 9.80. The third-order valence-corrected chi connectivity index (χ3v) is 5.88. The molecule has 0 radical (unpaired) electrons. The van der Waals surface area contributed by atoms with Crippen molar-refractivity contribution in [1.82, 2.24) is 10.5 Å². The summed E-state index contributed by atoms with van der Waals surface area (Å²) < 4.78 is 17.2. The molecule has 1 aliphatic carbocycles. The van der Waals surface area contributed by atoms with Crippen LogP contribution >= 0.6 is 0 Å². The Labute approximate surface area is 164 Å². The van der Waals surface area contributed by atoms with Gasteiger partial charge in [-0.1, -0.05) is 24.1 Å². The minimum absolute atomic E-state index is 0.121. The van der Waals surface area contributed by atoms with Gasteiger partial charge >= 0.3 is 5.97 Å². The van der Waals surface area contributed by atoms with Gasteiger partial charge in [-0.05, 0) is 51.0 Å². The normalized spacial score (nSPS) is 35.1. The van der Waals surface area contributed by atoms with Gasteiger partial charge in [0.1, 0.15) is 5.60 Å². The van der Waals surface area contributed by atoms with Crippen molar-refractivity contribution in [2.24, 2.45) is 11.8 Å². The number of halogens is 1. The molecule has 8 nitrogen and oxygen atoms in total. The van der Waals surface area contributed by atoms with Crippen LogP contribution in [0.4, 0.5) is 4.53 Å². The molecule has 2 N–H and O–H groups in total. The summed E-state index contributed by atoms with van der Waals surface area (Å²) in [6, 6.07) is 0. The van der Waals surface area contributed by atoms with Gasteiger partial charge in [-0.3, -0.25) is 14.4 Å². The molecule has 2 aliphatic heterocycles. The van der Waals surface area contributed by atoms with Crippen LogP contribution in [0.25, 0.3) is 0 Å². The van der Waals surface area contributed by atoms with Crippen molar-refractivity contribution >= 4 is 11.9 Å². The standard InChI is InChI=1S/C11H17FN2O5.C8H14O/c1-4-8(15)17-6-5-7-9(16)13-11(3)10(7,2)18-14(11)19-12;1-7(9)8-5-3-2-4-6-8/h7H,4-6H2,1-3H3,(H,13,16);3,5,7-9H,2,4,6H2,1H3/t7-,10-,11-;7?,8-/m01/s1. The quantitative estimate of drug-likeness (QED) is 0.520. The molecule has 1 unspecified atom stereocenters. The van der Waals surface area contributed by atoms with Gasteiger partial charge in [-0.15, -0.1) is 0 Å². The number of esters is 1. The molecule has 3 rings (SSSR count). The number of aliphatic hydroxyl groups is 1. The lowest BCUT2D eigenvalue weighted by Gasteiger charge is -2.55. The van der Waals surface area contributed by atoms with E-state index >= 15 is 0 Å². The van der Waals surface area contributed by atoms with Crippen molar-refractivity contribution in [3.8, 4) is 0 Å². The molecular formula is C19H31FN2O6. The Morgan fingerprint density at radius 2 is 2.25 bits per heavy atom. The number of amides is 1. The van der Waals surface area contributed by atoms with Gasteiger partial charge in [0.15, 0.2) is 5.66 Å². The van der Waals surface area contributed by atoms with E-state index in [4.69, 9.17) is 14.7 Å². The fraction of sp³-hybridized carbons (Fsp3) is 0.789. The highest BCUT2D eigenvalue weighted by Crippen LogP contribution is 2.51. The van der Waals surface area contributed by atoms with Crippen LogP contribution in [0.3, 0.4) is 0 Å². The average molecular weight is 402 g/mol. The minimum Gasteiger partial charge on any atom is -0.466 e. The molecule has 160 valence electrons. The van der Waals surface area contributed by atoms with E-state index in [-0.39, 0.29) is 31.0 Å². The van der Waals surface area contributed by atoms with Crippen molar-refractivity contribution in [2.45, 2.75) is 77.2 Å². The fourth-order valence-corrected chi connectivity index (χ4v) is 3.77. The van der Waals surface area contributed by atoms with Crippen LogP contribution in [0, 0.1) is 11.8 Å². The van der Waals surface area contributed by atoms with Crippen LogP contribution in [0.2, 0.25) is 0 Å². The van der Waals surface area contributed by atoms with Crippen LogP contribution in [-0.2, 0) is 24.2 Å². The van der Waals surface area contributed by atoms with Gasteiger partial charge in [0, 0.05) is 17.6 Å². The second-order valence-corrected chi connectivity index (χ2v) is 7.76. The highest BCUT2D eigenvalue weighted by molar-refractivity contribution is 5.84. The fourth-order valence-electron chi connectivity index (χ4n) is 3.77. The Morgan fingerprint density at radius 1 is 1.54 bits per heavy atom. The Kier molecular flexibility index (Phi) is 7.55. The van der Waals surface area contributed by atoms with Crippen molar-refractivity contribution in [2.75, 3.05) is 6.61 Å². The third-order valence-electron chi connectivity index (χ3n) is 5.88. The molecular weight excluding hydrogens is 371 g/mol. The number of aliphatic hydroxyl groups excluding tert-OH is 1. The number of fused-ring (bicyclic) bond motifs is 1. The number of carbonyl (C=O) groups is 2. The van der Waals surface area contributed by atoms with Crippen LogP contribution in [0.15, 0.2) is 12.2 Å². The molecule has 0 aromatic heterocycles. The SMILES string of the molecule is CC(O)[C@@H]1C=CCCC1.CCC(=O)OCC[C@H]1C(=O)N[C@@]2(C)N(OF)O[C@@]12C. The Hall–Kier alpha value is -1.55. The first kappa shape index (κ1) is 22.7. The summed E-state index contributed by atoms with van der Waals surface area (Å²) in [7, 11) is 0. The van der Waals surface area contributed by atoms with E-state index < -0.39 is 17.2 Å². The molecule has 0 aromatic rings. The highest BCUT2D eigenvalue weighted by Gasteiger charge is 2.73. The zero-order valence-corrected chi connectivity index (χ0v) is 16.9. The second kappa shape index (κ2) is 9.30. The highest BCUT2D eigenvalue weighted by atomic mass is 19.3. The topological polar surface area (TPSA) is 97.3 Å². The van der Waals surface area contributed by atoms with E-state index in [0.29, 0.717) is 17.6 Å². The molecule has 3 aliphatic rings. The van der Waals surface area contributed by atoms with Crippen LogP contribution in [-0.4, -0.2) is 46.2 Å². The largest absolute Gasteiger partial charge is 0.466 e. The van der Waals surface area contributed by atoms with E-state index in [0.717, 1.165) is 6.42 Å². The molecule has 9 heteroatoms. The summed E-state index contributed by atoms with van der Waals surface area (Å²) in [4.78, 5) is 28.1. The molecule has 2 heterocycles. The number of nitrogens with one attached hydrogen (secondary N) is 1. The summed E-state index contributed by atoms with van der Waals surface area (Å²) in [5.41, 5.74) is -1.98. The Balaban J connectivity index is 0.000000261. The number of ether oxygens (including phenoxy) is 1. The summed E-state index contributed by atoms with van der Waals surface area (Å²) in [5.74, 6) is -0.709. The van der Waals surface area contributed by atoms with E-state index in [1.807, 2.05) is 6.92 Å². The molecule has 0 aromatic carbocycles. The molecule has 5 atom stereocenters. The van der Waals surface area contributed by atoms with Gasteiger partial charge in [0.2, 0.25) is 5.91 Å². The Bertz CT molecular complexity index is 601. The monoisotopic (exact) mass is 402 g/mol. The first-order chi connectivity index (χ1) is 13.2. The zero-order chi connectivity index (χ0) is 20.9. The molecule has 28 heavy (non-hydrogen) atoms. The number of hydrogen-bond acceptors (Lipinski definition) is 7. The first-order valence-electron chi connectivity index (χ1n) is 9.80. The van der Waals surface area contributed by atoms with Crippen LogP contribution < -0.4 is 5.32 Å². The molecule has 0 spiro atoms. The van der Waals surface area contributed by atoms with E-state index in [9.17, 15) is 14.1 Å². The maximum absolute atomic E-state index is 12.2. The number of allylic oxidation sites excluding steroid dienone is 1. The molecule has 0 saturated carbocycles. The maximum atomic E-state index is 12.2.